The maximum Gasteiger partial charge on any atom is 0.319 e. The predicted octanol–water partition coefficient (Wildman–Crippen LogP) is 3.62. The molecule has 0 aliphatic carbocycles. The zero-order valence-electron chi connectivity index (χ0n) is 10.7. The summed E-state index contributed by atoms with van der Waals surface area (Å²) in [7, 11) is 0. The van der Waals surface area contributed by atoms with Crippen molar-refractivity contribution in [3.05, 3.63) is 54.6 Å². The Morgan fingerprint density at radius 3 is 2.53 bits per heavy atom. The topological polar surface area (TPSA) is 50.4 Å². The van der Waals surface area contributed by atoms with Gasteiger partial charge in [-0.15, -0.1) is 0 Å². The second kappa shape index (κ2) is 6.44. The molecule has 0 bridgehead atoms. The molecule has 4 nitrogen and oxygen atoms in total. The molecule has 0 aliphatic heterocycles. The van der Waals surface area contributed by atoms with Crippen LogP contribution in [0.4, 0.5) is 10.5 Å². The van der Waals surface area contributed by atoms with E-state index in [0.29, 0.717) is 18.0 Å². The number of para-hydroxylation sites is 1. The van der Waals surface area contributed by atoms with Gasteiger partial charge in [-0.1, -0.05) is 24.3 Å². The summed E-state index contributed by atoms with van der Waals surface area (Å²) in [5.41, 5.74) is 0.694. The number of carbonyl (C=O) groups excluding carboxylic acids is 1. The molecule has 0 unspecified atom stereocenters. The third-order valence-electron chi connectivity index (χ3n) is 2.41. The summed E-state index contributed by atoms with van der Waals surface area (Å²) < 4.78 is 5.69. The molecule has 0 saturated heterocycles. The molecule has 0 atom stereocenters. The fraction of sp³-hybridized carbons (Fsp3) is 0.133. The Kier molecular flexibility index (Phi) is 4.39. The number of ether oxygens (including phenoxy) is 1. The van der Waals surface area contributed by atoms with Crippen LogP contribution < -0.4 is 15.4 Å². The van der Waals surface area contributed by atoms with Crippen LogP contribution in [0.3, 0.4) is 0 Å². The third-order valence-corrected chi connectivity index (χ3v) is 2.41. The molecule has 0 spiro atoms. The van der Waals surface area contributed by atoms with Crippen LogP contribution in [0.25, 0.3) is 0 Å². The average Bonchev–Trinajstić information content (AvgIpc) is 2.40. The van der Waals surface area contributed by atoms with E-state index in [4.69, 9.17) is 4.74 Å². The van der Waals surface area contributed by atoms with Crippen LogP contribution in [-0.4, -0.2) is 12.6 Å². The second-order valence-electron chi connectivity index (χ2n) is 3.93. The second-order valence-corrected chi connectivity index (χ2v) is 3.93. The molecule has 0 saturated carbocycles. The highest BCUT2D eigenvalue weighted by Crippen LogP contribution is 2.23. The standard InChI is InChI=1S/C15H16N2O2/c1-2-16-15(18)17-12-7-6-10-14(11-12)19-13-8-4-3-5-9-13/h3-11H,2H2,1H3,(H2,16,17,18). The van der Waals surface area contributed by atoms with Crippen molar-refractivity contribution < 1.29 is 9.53 Å². The van der Waals surface area contributed by atoms with Crippen molar-refractivity contribution in [1.82, 2.24) is 5.32 Å². The van der Waals surface area contributed by atoms with Crippen LogP contribution in [-0.2, 0) is 0 Å². The minimum absolute atomic E-state index is 0.223. The van der Waals surface area contributed by atoms with E-state index in [1.54, 1.807) is 6.07 Å². The fourth-order valence-corrected chi connectivity index (χ4v) is 1.60. The molecule has 2 aromatic rings. The molecule has 0 fully saturated rings. The number of benzene rings is 2. The highest BCUT2D eigenvalue weighted by Gasteiger charge is 2.02. The van der Waals surface area contributed by atoms with Crippen molar-refractivity contribution in [2.45, 2.75) is 6.92 Å². The van der Waals surface area contributed by atoms with Gasteiger partial charge in [-0.3, -0.25) is 0 Å². The zero-order valence-corrected chi connectivity index (χ0v) is 10.7. The monoisotopic (exact) mass is 256 g/mol. The average molecular weight is 256 g/mol. The molecular formula is C15H16N2O2. The number of hydrogen-bond donors (Lipinski definition) is 2. The first-order valence-electron chi connectivity index (χ1n) is 6.16. The first-order valence-corrected chi connectivity index (χ1v) is 6.16. The Morgan fingerprint density at radius 2 is 1.79 bits per heavy atom. The van der Waals surface area contributed by atoms with Crippen molar-refractivity contribution in [1.29, 1.82) is 0 Å². The quantitative estimate of drug-likeness (QED) is 0.877. The van der Waals surface area contributed by atoms with E-state index in [-0.39, 0.29) is 6.03 Å². The highest BCUT2D eigenvalue weighted by molar-refractivity contribution is 5.89. The summed E-state index contributed by atoms with van der Waals surface area (Å²) in [6, 6.07) is 16.6. The highest BCUT2D eigenvalue weighted by atomic mass is 16.5. The lowest BCUT2D eigenvalue weighted by Crippen LogP contribution is -2.28. The van der Waals surface area contributed by atoms with Gasteiger partial charge >= 0.3 is 6.03 Å². The van der Waals surface area contributed by atoms with E-state index in [9.17, 15) is 4.79 Å². The lowest BCUT2D eigenvalue weighted by atomic mass is 10.3. The van der Waals surface area contributed by atoms with Gasteiger partial charge in [0.2, 0.25) is 0 Å². The Balaban J connectivity index is 2.05. The number of hydrogen-bond acceptors (Lipinski definition) is 2. The summed E-state index contributed by atoms with van der Waals surface area (Å²) in [5, 5.41) is 5.41. The van der Waals surface area contributed by atoms with Crippen LogP contribution in [0.1, 0.15) is 6.92 Å². The van der Waals surface area contributed by atoms with Crippen LogP contribution in [0, 0.1) is 0 Å². The summed E-state index contributed by atoms with van der Waals surface area (Å²) in [6.07, 6.45) is 0. The maximum absolute atomic E-state index is 11.4. The van der Waals surface area contributed by atoms with Crippen molar-refractivity contribution in [2.24, 2.45) is 0 Å². The first kappa shape index (κ1) is 13.0. The van der Waals surface area contributed by atoms with E-state index in [0.717, 1.165) is 5.75 Å². The van der Waals surface area contributed by atoms with Gasteiger partial charge < -0.3 is 15.4 Å². The van der Waals surface area contributed by atoms with Gasteiger partial charge in [0.15, 0.2) is 0 Å². The Hall–Kier alpha value is -2.49. The van der Waals surface area contributed by atoms with Gasteiger partial charge in [0.25, 0.3) is 0 Å². The molecule has 2 rings (SSSR count). The molecule has 0 aromatic heterocycles. The third kappa shape index (κ3) is 4.03. The number of carbonyl (C=O) groups is 1. The Labute approximate surface area is 112 Å². The van der Waals surface area contributed by atoms with Crippen LogP contribution in [0.5, 0.6) is 11.5 Å². The molecule has 2 amide bonds. The van der Waals surface area contributed by atoms with E-state index in [1.807, 2.05) is 55.5 Å². The van der Waals surface area contributed by atoms with Gasteiger partial charge in [-0.2, -0.15) is 0 Å². The van der Waals surface area contributed by atoms with E-state index in [1.165, 1.54) is 0 Å². The summed E-state index contributed by atoms with van der Waals surface area (Å²) in [4.78, 5) is 11.4. The summed E-state index contributed by atoms with van der Waals surface area (Å²) in [6.45, 7) is 2.46. The maximum atomic E-state index is 11.4. The van der Waals surface area contributed by atoms with Crippen LogP contribution in [0.15, 0.2) is 54.6 Å². The largest absolute Gasteiger partial charge is 0.457 e. The Morgan fingerprint density at radius 1 is 1.05 bits per heavy atom. The van der Waals surface area contributed by atoms with Crippen LogP contribution >= 0.6 is 0 Å². The summed E-state index contributed by atoms with van der Waals surface area (Å²) >= 11 is 0. The molecule has 2 N–H and O–H groups in total. The van der Waals surface area contributed by atoms with Gasteiger partial charge in [-0.05, 0) is 31.2 Å². The van der Waals surface area contributed by atoms with Gasteiger partial charge in [-0.25, -0.2) is 4.79 Å². The molecule has 0 aliphatic rings. The number of nitrogens with one attached hydrogen (secondary N) is 2. The van der Waals surface area contributed by atoms with Crippen molar-refractivity contribution in [3.63, 3.8) is 0 Å². The van der Waals surface area contributed by atoms with E-state index in [2.05, 4.69) is 10.6 Å². The molecule has 2 aromatic carbocycles. The molecule has 0 radical (unpaired) electrons. The zero-order chi connectivity index (χ0) is 13.5. The lowest BCUT2D eigenvalue weighted by molar-refractivity contribution is 0.252. The number of amides is 2. The first-order chi connectivity index (χ1) is 9.28. The van der Waals surface area contributed by atoms with Gasteiger partial charge in [0, 0.05) is 18.3 Å². The molecule has 0 heterocycles. The van der Waals surface area contributed by atoms with Crippen LogP contribution in [0.2, 0.25) is 0 Å². The van der Waals surface area contributed by atoms with Gasteiger partial charge in [0.05, 0.1) is 0 Å². The molecule has 19 heavy (non-hydrogen) atoms. The fourth-order valence-electron chi connectivity index (χ4n) is 1.60. The minimum atomic E-state index is -0.223. The molecule has 4 heteroatoms. The van der Waals surface area contributed by atoms with Crippen molar-refractivity contribution >= 4 is 11.7 Å². The molecule has 98 valence electrons. The lowest BCUT2D eigenvalue weighted by Gasteiger charge is -2.09. The predicted molar refractivity (Wildman–Crippen MR) is 75.7 cm³/mol. The smallest absolute Gasteiger partial charge is 0.319 e. The van der Waals surface area contributed by atoms with Gasteiger partial charge in [0.1, 0.15) is 11.5 Å². The SMILES string of the molecule is CCNC(=O)Nc1cccc(Oc2ccccc2)c1. The van der Waals surface area contributed by atoms with E-state index >= 15 is 0 Å². The Bertz CT molecular complexity index is 541. The van der Waals surface area contributed by atoms with Crippen molar-refractivity contribution in [2.75, 3.05) is 11.9 Å². The normalized spacial score (nSPS) is 9.74. The number of urea groups is 1. The van der Waals surface area contributed by atoms with E-state index < -0.39 is 0 Å². The number of rotatable bonds is 4. The summed E-state index contributed by atoms with van der Waals surface area (Å²) in [5.74, 6) is 1.44. The molecular weight excluding hydrogens is 240 g/mol. The minimum Gasteiger partial charge on any atom is -0.457 e. The van der Waals surface area contributed by atoms with Crippen molar-refractivity contribution in [3.8, 4) is 11.5 Å². The number of anilines is 1.